The molecule has 0 amide bonds. The van der Waals surface area contributed by atoms with Crippen molar-refractivity contribution in [3.8, 4) is 0 Å². The number of ether oxygens (including phenoxy) is 1. The van der Waals surface area contributed by atoms with Gasteiger partial charge in [0.05, 0.1) is 19.3 Å². The summed E-state index contributed by atoms with van der Waals surface area (Å²) in [6.07, 6.45) is 1.65. The molecule has 2 rings (SSSR count). The number of morpholine rings is 1. The largest absolute Gasteiger partial charge is 0.377 e. The van der Waals surface area contributed by atoms with Crippen molar-refractivity contribution in [2.75, 3.05) is 24.7 Å². The van der Waals surface area contributed by atoms with Gasteiger partial charge in [0.1, 0.15) is 5.82 Å². The van der Waals surface area contributed by atoms with E-state index in [1.165, 1.54) is 12.1 Å². The van der Waals surface area contributed by atoms with Crippen LogP contribution in [0.4, 0.5) is 10.1 Å². The van der Waals surface area contributed by atoms with Crippen LogP contribution in [0.25, 0.3) is 0 Å². The first-order chi connectivity index (χ1) is 8.26. The maximum Gasteiger partial charge on any atom is 0.152 e. The molecule has 1 saturated heterocycles. The SMILES string of the molecule is CCC1COCCN1c1ccc(F)cc1C=O. The highest BCUT2D eigenvalue weighted by molar-refractivity contribution is 5.84. The summed E-state index contributed by atoms with van der Waals surface area (Å²) >= 11 is 0. The number of carbonyl (C=O) groups excluding carboxylic acids is 1. The van der Waals surface area contributed by atoms with E-state index in [9.17, 15) is 9.18 Å². The Morgan fingerprint density at radius 3 is 3.12 bits per heavy atom. The molecule has 1 aliphatic heterocycles. The van der Waals surface area contributed by atoms with Crippen LogP contribution in [0.5, 0.6) is 0 Å². The molecule has 0 radical (unpaired) electrons. The van der Waals surface area contributed by atoms with Gasteiger partial charge in [-0.1, -0.05) is 6.92 Å². The molecule has 0 spiro atoms. The number of hydrogen-bond acceptors (Lipinski definition) is 3. The first kappa shape index (κ1) is 12.0. The van der Waals surface area contributed by atoms with Gasteiger partial charge in [-0.3, -0.25) is 4.79 Å². The molecule has 1 aliphatic rings. The predicted octanol–water partition coefficient (Wildman–Crippen LogP) is 2.25. The van der Waals surface area contributed by atoms with E-state index in [-0.39, 0.29) is 11.9 Å². The fraction of sp³-hybridized carbons (Fsp3) is 0.462. The van der Waals surface area contributed by atoms with Crippen LogP contribution in [0.3, 0.4) is 0 Å². The summed E-state index contributed by atoms with van der Waals surface area (Å²) in [4.78, 5) is 13.1. The average molecular weight is 237 g/mol. The number of anilines is 1. The molecule has 0 saturated carbocycles. The van der Waals surface area contributed by atoms with Crippen LogP contribution in [-0.4, -0.2) is 32.1 Å². The third-order valence-electron chi connectivity index (χ3n) is 3.12. The summed E-state index contributed by atoms with van der Waals surface area (Å²) in [6.45, 7) is 4.12. The standard InChI is InChI=1S/C13H16FNO2/c1-2-12-9-17-6-5-15(12)13-4-3-11(14)7-10(13)8-16/h3-4,7-8,12H,2,5-6,9H2,1H3. The van der Waals surface area contributed by atoms with Crippen molar-refractivity contribution in [3.63, 3.8) is 0 Å². The minimum Gasteiger partial charge on any atom is -0.377 e. The van der Waals surface area contributed by atoms with E-state index in [2.05, 4.69) is 11.8 Å². The lowest BCUT2D eigenvalue weighted by Crippen LogP contribution is -2.45. The molecular weight excluding hydrogens is 221 g/mol. The Bertz CT molecular complexity index is 408. The van der Waals surface area contributed by atoms with Crippen LogP contribution >= 0.6 is 0 Å². The third-order valence-corrected chi connectivity index (χ3v) is 3.12. The van der Waals surface area contributed by atoms with Gasteiger partial charge >= 0.3 is 0 Å². The Balaban J connectivity index is 2.34. The number of halogens is 1. The van der Waals surface area contributed by atoms with Crippen molar-refractivity contribution in [2.24, 2.45) is 0 Å². The lowest BCUT2D eigenvalue weighted by Gasteiger charge is -2.37. The van der Waals surface area contributed by atoms with Crippen LogP contribution in [0.2, 0.25) is 0 Å². The average Bonchev–Trinajstić information content (AvgIpc) is 2.38. The quantitative estimate of drug-likeness (QED) is 0.755. The van der Waals surface area contributed by atoms with Crippen LogP contribution < -0.4 is 4.90 Å². The van der Waals surface area contributed by atoms with Crippen molar-refractivity contribution >= 4 is 12.0 Å². The highest BCUT2D eigenvalue weighted by Gasteiger charge is 2.23. The molecule has 0 aliphatic carbocycles. The molecule has 1 fully saturated rings. The molecule has 0 aromatic heterocycles. The molecule has 92 valence electrons. The molecule has 1 unspecified atom stereocenters. The Morgan fingerprint density at radius 2 is 2.41 bits per heavy atom. The molecule has 17 heavy (non-hydrogen) atoms. The Hall–Kier alpha value is -1.42. The Kier molecular flexibility index (Phi) is 3.74. The first-order valence-electron chi connectivity index (χ1n) is 5.85. The van der Waals surface area contributed by atoms with E-state index in [0.717, 1.165) is 18.7 Å². The van der Waals surface area contributed by atoms with Crippen molar-refractivity contribution in [2.45, 2.75) is 19.4 Å². The predicted molar refractivity (Wildman–Crippen MR) is 64.0 cm³/mol. The number of rotatable bonds is 3. The maximum atomic E-state index is 13.1. The fourth-order valence-electron chi connectivity index (χ4n) is 2.19. The summed E-state index contributed by atoms with van der Waals surface area (Å²) in [5.41, 5.74) is 1.21. The second kappa shape index (κ2) is 5.27. The number of benzene rings is 1. The zero-order valence-corrected chi connectivity index (χ0v) is 9.86. The molecule has 4 heteroatoms. The molecule has 0 bridgehead atoms. The van der Waals surface area contributed by atoms with Gasteiger partial charge in [0.2, 0.25) is 0 Å². The van der Waals surface area contributed by atoms with Crippen LogP contribution in [0, 0.1) is 5.82 Å². The lowest BCUT2D eigenvalue weighted by atomic mass is 10.1. The van der Waals surface area contributed by atoms with Crippen LogP contribution in [0.1, 0.15) is 23.7 Å². The van der Waals surface area contributed by atoms with Crippen LogP contribution in [-0.2, 0) is 4.74 Å². The number of nitrogens with zero attached hydrogens (tertiary/aromatic N) is 1. The summed E-state index contributed by atoms with van der Waals surface area (Å²) in [5.74, 6) is -0.378. The van der Waals surface area contributed by atoms with E-state index in [1.54, 1.807) is 6.07 Å². The van der Waals surface area contributed by atoms with E-state index < -0.39 is 0 Å². The van der Waals surface area contributed by atoms with Crippen LogP contribution in [0.15, 0.2) is 18.2 Å². The molecule has 3 nitrogen and oxygen atoms in total. The summed E-state index contributed by atoms with van der Waals surface area (Å²) in [7, 11) is 0. The summed E-state index contributed by atoms with van der Waals surface area (Å²) < 4.78 is 18.5. The monoisotopic (exact) mass is 237 g/mol. The minimum absolute atomic E-state index is 0.257. The molecule has 0 N–H and O–H groups in total. The molecular formula is C13H16FNO2. The lowest BCUT2D eigenvalue weighted by molar-refractivity contribution is 0.0927. The van der Waals surface area contributed by atoms with Crippen molar-refractivity contribution in [1.29, 1.82) is 0 Å². The van der Waals surface area contributed by atoms with Gasteiger partial charge < -0.3 is 9.64 Å². The van der Waals surface area contributed by atoms with E-state index in [4.69, 9.17) is 4.74 Å². The second-order valence-corrected chi connectivity index (χ2v) is 4.15. The van der Waals surface area contributed by atoms with Crippen molar-refractivity contribution in [3.05, 3.63) is 29.6 Å². The molecule has 1 aromatic carbocycles. The first-order valence-corrected chi connectivity index (χ1v) is 5.85. The fourth-order valence-corrected chi connectivity index (χ4v) is 2.19. The summed E-state index contributed by atoms with van der Waals surface area (Å²) in [5, 5.41) is 0. The van der Waals surface area contributed by atoms with Crippen molar-refractivity contribution < 1.29 is 13.9 Å². The number of aldehydes is 1. The summed E-state index contributed by atoms with van der Waals surface area (Å²) in [6, 6.07) is 4.61. The Morgan fingerprint density at radius 1 is 1.59 bits per heavy atom. The van der Waals surface area contributed by atoms with Gasteiger partial charge in [-0.15, -0.1) is 0 Å². The van der Waals surface area contributed by atoms with Gasteiger partial charge in [0.15, 0.2) is 6.29 Å². The van der Waals surface area contributed by atoms with Gasteiger partial charge in [-0.2, -0.15) is 0 Å². The van der Waals surface area contributed by atoms with E-state index in [1.807, 2.05) is 0 Å². The molecule has 1 aromatic rings. The number of carbonyl (C=O) groups is 1. The van der Waals surface area contributed by atoms with Gasteiger partial charge in [0.25, 0.3) is 0 Å². The highest BCUT2D eigenvalue weighted by Crippen LogP contribution is 2.25. The normalized spacial score (nSPS) is 20.4. The van der Waals surface area contributed by atoms with E-state index >= 15 is 0 Å². The topological polar surface area (TPSA) is 29.5 Å². The zero-order valence-electron chi connectivity index (χ0n) is 9.86. The molecule has 1 heterocycles. The third kappa shape index (κ3) is 2.47. The van der Waals surface area contributed by atoms with E-state index in [0.29, 0.717) is 25.1 Å². The minimum atomic E-state index is -0.378. The second-order valence-electron chi connectivity index (χ2n) is 4.15. The smallest absolute Gasteiger partial charge is 0.152 e. The highest BCUT2D eigenvalue weighted by atomic mass is 19.1. The van der Waals surface area contributed by atoms with Gasteiger partial charge in [-0.25, -0.2) is 4.39 Å². The maximum absolute atomic E-state index is 13.1. The number of hydrogen-bond donors (Lipinski definition) is 0. The zero-order chi connectivity index (χ0) is 12.3. The van der Waals surface area contributed by atoms with Gasteiger partial charge in [0, 0.05) is 17.8 Å². The van der Waals surface area contributed by atoms with Gasteiger partial charge in [-0.05, 0) is 24.6 Å². The Labute approximate surface area is 100 Å². The molecule has 1 atom stereocenters. The van der Waals surface area contributed by atoms with Crippen molar-refractivity contribution in [1.82, 2.24) is 0 Å².